The zero-order valence-corrected chi connectivity index (χ0v) is 15.3. The lowest BCUT2D eigenvalue weighted by molar-refractivity contribution is -0.137. The Morgan fingerprint density at radius 3 is 2.69 bits per heavy atom. The number of rotatable bonds is 6. The quantitative estimate of drug-likeness (QED) is 0.725. The van der Waals surface area contributed by atoms with Crippen LogP contribution in [0.2, 0.25) is 0 Å². The van der Waals surface area contributed by atoms with Crippen molar-refractivity contribution in [3.05, 3.63) is 29.8 Å². The number of carboxylic acids is 1. The first kappa shape index (κ1) is 19.8. The highest BCUT2D eigenvalue weighted by molar-refractivity contribution is 6.03. The van der Waals surface area contributed by atoms with E-state index in [9.17, 15) is 14.4 Å². The summed E-state index contributed by atoms with van der Waals surface area (Å²) < 4.78 is 0. The molecule has 0 aliphatic carbocycles. The number of carbonyl (C=O) groups is 3. The summed E-state index contributed by atoms with van der Waals surface area (Å²) in [5, 5.41) is 14.3. The third kappa shape index (κ3) is 5.75. The monoisotopic (exact) mass is 361 g/mol. The summed E-state index contributed by atoms with van der Waals surface area (Å²) in [6.07, 6.45) is 2.50. The smallest absolute Gasteiger partial charge is 0.319 e. The van der Waals surface area contributed by atoms with E-state index in [0.29, 0.717) is 30.8 Å². The number of aliphatic carboxylic acids is 1. The van der Waals surface area contributed by atoms with Gasteiger partial charge >= 0.3 is 12.0 Å². The standard InChI is InChI=1S/C19H27N3O4/c1-13(2)20-19(26)21-16-8-4-3-7-15(16)18(25)22-11-5-6-14(12-22)9-10-17(23)24/h3-4,7-8,13-14H,5-6,9-12H2,1-2H3,(H,23,24)(H2,20,21,26). The van der Waals surface area contributed by atoms with Crippen molar-refractivity contribution >= 4 is 23.6 Å². The van der Waals surface area contributed by atoms with Crippen molar-refractivity contribution in [1.29, 1.82) is 0 Å². The molecule has 1 atom stereocenters. The number of carbonyl (C=O) groups excluding carboxylic acids is 2. The van der Waals surface area contributed by atoms with Gasteiger partial charge in [0.1, 0.15) is 0 Å². The average Bonchev–Trinajstić information content (AvgIpc) is 2.59. The van der Waals surface area contributed by atoms with Gasteiger partial charge in [-0.05, 0) is 51.2 Å². The van der Waals surface area contributed by atoms with E-state index in [4.69, 9.17) is 5.11 Å². The molecule has 1 heterocycles. The summed E-state index contributed by atoms with van der Waals surface area (Å²) in [7, 11) is 0. The Bertz CT molecular complexity index is 660. The highest BCUT2D eigenvalue weighted by Gasteiger charge is 2.26. The SMILES string of the molecule is CC(C)NC(=O)Nc1ccccc1C(=O)N1CCCC(CCC(=O)O)C1. The van der Waals surface area contributed by atoms with E-state index in [1.165, 1.54) is 0 Å². The molecule has 2 rings (SSSR count). The van der Waals surface area contributed by atoms with E-state index >= 15 is 0 Å². The minimum absolute atomic E-state index is 0.00467. The van der Waals surface area contributed by atoms with Crippen LogP contribution in [0.1, 0.15) is 49.9 Å². The zero-order chi connectivity index (χ0) is 19.1. The van der Waals surface area contributed by atoms with Gasteiger partial charge in [0.2, 0.25) is 0 Å². The number of nitrogens with one attached hydrogen (secondary N) is 2. The number of hydrogen-bond donors (Lipinski definition) is 3. The number of urea groups is 1. The Labute approximate surface area is 153 Å². The van der Waals surface area contributed by atoms with E-state index < -0.39 is 5.97 Å². The lowest BCUT2D eigenvalue weighted by Gasteiger charge is -2.33. The topological polar surface area (TPSA) is 98.7 Å². The van der Waals surface area contributed by atoms with Crippen LogP contribution in [0.4, 0.5) is 10.5 Å². The molecule has 3 amide bonds. The molecule has 0 spiro atoms. The van der Waals surface area contributed by atoms with Crippen molar-refractivity contribution in [2.24, 2.45) is 5.92 Å². The fourth-order valence-electron chi connectivity index (χ4n) is 3.18. The lowest BCUT2D eigenvalue weighted by Crippen LogP contribution is -2.40. The second-order valence-electron chi connectivity index (χ2n) is 6.99. The minimum atomic E-state index is -0.806. The van der Waals surface area contributed by atoms with E-state index in [0.717, 1.165) is 12.8 Å². The van der Waals surface area contributed by atoms with Gasteiger partial charge in [-0.15, -0.1) is 0 Å². The molecule has 26 heavy (non-hydrogen) atoms. The fraction of sp³-hybridized carbons (Fsp3) is 0.526. The maximum absolute atomic E-state index is 12.9. The molecular formula is C19H27N3O4. The molecule has 0 radical (unpaired) electrons. The molecular weight excluding hydrogens is 334 g/mol. The first-order valence-corrected chi connectivity index (χ1v) is 9.04. The third-order valence-corrected chi connectivity index (χ3v) is 4.40. The fourth-order valence-corrected chi connectivity index (χ4v) is 3.18. The summed E-state index contributed by atoms with van der Waals surface area (Å²) >= 11 is 0. The molecule has 7 heteroatoms. The number of para-hydroxylation sites is 1. The Balaban J connectivity index is 2.06. The van der Waals surface area contributed by atoms with E-state index in [1.54, 1.807) is 29.2 Å². The first-order valence-electron chi connectivity index (χ1n) is 9.04. The van der Waals surface area contributed by atoms with Crippen molar-refractivity contribution in [3.63, 3.8) is 0 Å². The van der Waals surface area contributed by atoms with E-state index in [1.807, 2.05) is 13.8 Å². The third-order valence-electron chi connectivity index (χ3n) is 4.40. The van der Waals surface area contributed by atoms with Crippen LogP contribution >= 0.6 is 0 Å². The Morgan fingerprint density at radius 1 is 1.27 bits per heavy atom. The van der Waals surface area contributed by atoms with Crippen LogP contribution in [0.5, 0.6) is 0 Å². The summed E-state index contributed by atoms with van der Waals surface area (Å²) in [5.41, 5.74) is 0.925. The van der Waals surface area contributed by atoms with Gasteiger partial charge in [0.15, 0.2) is 0 Å². The number of nitrogens with zero attached hydrogens (tertiary/aromatic N) is 1. The van der Waals surface area contributed by atoms with E-state index in [2.05, 4.69) is 10.6 Å². The molecule has 7 nitrogen and oxygen atoms in total. The van der Waals surface area contributed by atoms with Crippen LogP contribution < -0.4 is 10.6 Å². The van der Waals surface area contributed by atoms with Crippen LogP contribution in [-0.4, -0.2) is 47.0 Å². The highest BCUT2D eigenvalue weighted by atomic mass is 16.4. The maximum Gasteiger partial charge on any atom is 0.319 e. The molecule has 1 fully saturated rings. The number of piperidine rings is 1. The molecule has 1 saturated heterocycles. The largest absolute Gasteiger partial charge is 0.481 e. The Hall–Kier alpha value is -2.57. The Kier molecular flexibility index (Phi) is 7.00. The summed E-state index contributed by atoms with van der Waals surface area (Å²) in [5.74, 6) is -0.738. The molecule has 1 aliphatic heterocycles. The van der Waals surface area contributed by atoms with Gasteiger partial charge in [0, 0.05) is 25.6 Å². The molecule has 1 aromatic carbocycles. The van der Waals surface area contributed by atoms with Gasteiger partial charge in [-0.2, -0.15) is 0 Å². The number of hydrogen-bond acceptors (Lipinski definition) is 3. The molecule has 1 aromatic rings. The van der Waals surface area contributed by atoms with Gasteiger partial charge < -0.3 is 20.6 Å². The molecule has 0 aromatic heterocycles. The van der Waals surface area contributed by atoms with Crippen molar-refractivity contribution in [2.75, 3.05) is 18.4 Å². The first-order chi connectivity index (χ1) is 12.4. The number of anilines is 1. The second-order valence-corrected chi connectivity index (χ2v) is 6.99. The number of amides is 3. The second kappa shape index (κ2) is 9.22. The van der Waals surface area contributed by atoms with Crippen LogP contribution in [-0.2, 0) is 4.79 Å². The van der Waals surface area contributed by atoms with Crippen LogP contribution in [0.15, 0.2) is 24.3 Å². The highest BCUT2D eigenvalue weighted by Crippen LogP contribution is 2.24. The average molecular weight is 361 g/mol. The van der Waals surface area contributed by atoms with Crippen LogP contribution in [0, 0.1) is 5.92 Å². The van der Waals surface area contributed by atoms with Gasteiger partial charge in [-0.3, -0.25) is 9.59 Å². The zero-order valence-electron chi connectivity index (χ0n) is 15.3. The van der Waals surface area contributed by atoms with Gasteiger partial charge in [-0.1, -0.05) is 12.1 Å². The van der Waals surface area contributed by atoms with Crippen molar-refractivity contribution in [1.82, 2.24) is 10.2 Å². The van der Waals surface area contributed by atoms with Crippen molar-refractivity contribution in [2.45, 2.75) is 45.6 Å². The van der Waals surface area contributed by atoms with E-state index in [-0.39, 0.29) is 30.3 Å². The molecule has 3 N–H and O–H groups in total. The van der Waals surface area contributed by atoms with Gasteiger partial charge in [0.25, 0.3) is 5.91 Å². The summed E-state index contributed by atoms with van der Waals surface area (Å²) in [6, 6.07) is 6.60. The predicted octanol–water partition coefficient (Wildman–Crippen LogP) is 2.93. The molecule has 1 unspecified atom stereocenters. The summed E-state index contributed by atoms with van der Waals surface area (Å²) in [6.45, 7) is 4.93. The van der Waals surface area contributed by atoms with Gasteiger partial charge in [0.05, 0.1) is 11.3 Å². The lowest BCUT2D eigenvalue weighted by atomic mass is 9.93. The van der Waals surface area contributed by atoms with Crippen LogP contribution in [0.3, 0.4) is 0 Å². The Morgan fingerprint density at radius 2 is 2.00 bits per heavy atom. The normalized spacial score (nSPS) is 17.0. The van der Waals surface area contributed by atoms with Crippen LogP contribution in [0.25, 0.3) is 0 Å². The number of carboxylic acid groups (broad SMARTS) is 1. The number of likely N-dealkylation sites (tertiary alicyclic amines) is 1. The van der Waals surface area contributed by atoms with Crippen molar-refractivity contribution in [3.8, 4) is 0 Å². The van der Waals surface area contributed by atoms with Gasteiger partial charge in [-0.25, -0.2) is 4.79 Å². The maximum atomic E-state index is 12.9. The summed E-state index contributed by atoms with van der Waals surface area (Å²) in [4.78, 5) is 37.5. The molecule has 142 valence electrons. The number of benzene rings is 1. The predicted molar refractivity (Wildman–Crippen MR) is 99.2 cm³/mol. The molecule has 1 aliphatic rings. The van der Waals surface area contributed by atoms with Crippen molar-refractivity contribution < 1.29 is 19.5 Å². The molecule has 0 bridgehead atoms. The molecule has 0 saturated carbocycles. The minimum Gasteiger partial charge on any atom is -0.481 e.